The standard InChI is InChI=1S/C23H21N3O5/c1-4-29-22-11-18(13-25-23-20(12-24)15(2)16(3)31-23)7-10-21(22)30-14-17-5-8-19(9-6-17)26(27)28/h5-11,13H,4,14H2,1-3H3/b25-13+. The summed E-state index contributed by atoms with van der Waals surface area (Å²) >= 11 is 0. The third-order valence-corrected chi connectivity index (χ3v) is 4.62. The first kappa shape index (κ1) is 21.6. The zero-order valence-electron chi connectivity index (χ0n) is 17.4. The molecule has 0 aliphatic carbocycles. The van der Waals surface area contributed by atoms with E-state index in [1.54, 1.807) is 37.4 Å². The topological polar surface area (TPSA) is 111 Å². The summed E-state index contributed by atoms with van der Waals surface area (Å²) in [6.45, 7) is 6.17. The van der Waals surface area contributed by atoms with Gasteiger partial charge in [-0.2, -0.15) is 5.26 Å². The molecule has 0 saturated heterocycles. The molecule has 0 bridgehead atoms. The summed E-state index contributed by atoms with van der Waals surface area (Å²) in [5.74, 6) is 2.02. The summed E-state index contributed by atoms with van der Waals surface area (Å²) in [4.78, 5) is 14.6. The Balaban J connectivity index is 1.77. The van der Waals surface area contributed by atoms with Crippen molar-refractivity contribution < 1.29 is 18.8 Å². The third kappa shape index (κ3) is 5.08. The van der Waals surface area contributed by atoms with Crippen LogP contribution in [0.3, 0.4) is 0 Å². The van der Waals surface area contributed by atoms with Crippen LogP contribution in [0.5, 0.6) is 11.5 Å². The minimum absolute atomic E-state index is 0.0314. The van der Waals surface area contributed by atoms with E-state index < -0.39 is 4.92 Å². The van der Waals surface area contributed by atoms with E-state index in [0.717, 1.165) is 16.7 Å². The van der Waals surface area contributed by atoms with Crippen molar-refractivity contribution in [1.82, 2.24) is 0 Å². The number of hydrogen-bond acceptors (Lipinski definition) is 7. The Labute approximate surface area is 179 Å². The van der Waals surface area contributed by atoms with Gasteiger partial charge in [-0.1, -0.05) is 0 Å². The summed E-state index contributed by atoms with van der Waals surface area (Å²) in [5.41, 5.74) is 2.78. The summed E-state index contributed by atoms with van der Waals surface area (Å²) in [5, 5.41) is 20.1. The monoisotopic (exact) mass is 419 g/mol. The number of benzene rings is 2. The minimum atomic E-state index is -0.441. The van der Waals surface area contributed by atoms with Crippen LogP contribution in [0.1, 0.15) is 34.9 Å². The maximum absolute atomic E-state index is 10.8. The molecule has 0 N–H and O–H groups in total. The number of nitriles is 1. The van der Waals surface area contributed by atoms with Crippen LogP contribution < -0.4 is 9.47 Å². The molecule has 0 saturated carbocycles. The first-order valence-electron chi connectivity index (χ1n) is 9.60. The lowest BCUT2D eigenvalue weighted by atomic mass is 10.2. The normalized spacial score (nSPS) is 10.8. The summed E-state index contributed by atoms with van der Waals surface area (Å²) < 4.78 is 17.1. The lowest BCUT2D eigenvalue weighted by Gasteiger charge is -2.12. The number of rotatable bonds is 8. The molecule has 158 valence electrons. The second-order valence-corrected chi connectivity index (χ2v) is 6.68. The van der Waals surface area contributed by atoms with Gasteiger partial charge in [0.15, 0.2) is 11.5 Å². The highest BCUT2D eigenvalue weighted by Crippen LogP contribution is 2.31. The molecule has 0 amide bonds. The Hall–Kier alpha value is -4.12. The molecule has 1 heterocycles. The number of ether oxygens (including phenoxy) is 2. The van der Waals surface area contributed by atoms with Crippen molar-refractivity contribution in [3.05, 3.63) is 80.6 Å². The highest BCUT2D eigenvalue weighted by Gasteiger charge is 2.13. The third-order valence-electron chi connectivity index (χ3n) is 4.62. The Morgan fingerprint density at radius 3 is 2.55 bits per heavy atom. The lowest BCUT2D eigenvalue weighted by Crippen LogP contribution is -2.00. The Morgan fingerprint density at radius 1 is 1.16 bits per heavy atom. The molecule has 8 nitrogen and oxygen atoms in total. The number of non-ortho nitro benzene ring substituents is 1. The van der Waals surface area contributed by atoms with Gasteiger partial charge in [-0.25, -0.2) is 4.99 Å². The van der Waals surface area contributed by atoms with Crippen molar-refractivity contribution in [2.45, 2.75) is 27.4 Å². The van der Waals surface area contributed by atoms with E-state index in [9.17, 15) is 15.4 Å². The largest absolute Gasteiger partial charge is 0.490 e. The van der Waals surface area contributed by atoms with Gasteiger partial charge in [0, 0.05) is 23.9 Å². The molecule has 3 rings (SSSR count). The van der Waals surface area contributed by atoms with E-state index in [4.69, 9.17) is 13.9 Å². The van der Waals surface area contributed by atoms with Crippen LogP contribution in [0.25, 0.3) is 0 Å². The minimum Gasteiger partial charge on any atom is -0.490 e. The van der Waals surface area contributed by atoms with Crippen LogP contribution in [0.4, 0.5) is 11.6 Å². The average Bonchev–Trinajstić information content (AvgIpc) is 3.04. The van der Waals surface area contributed by atoms with E-state index in [-0.39, 0.29) is 18.2 Å². The molecule has 8 heteroatoms. The molecule has 1 aromatic heterocycles. The van der Waals surface area contributed by atoms with Gasteiger partial charge in [-0.3, -0.25) is 10.1 Å². The van der Waals surface area contributed by atoms with E-state index in [1.807, 2.05) is 19.9 Å². The number of nitro benzene ring substituents is 1. The van der Waals surface area contributed by atoms with Crippen molar-refractivity contribution in [2.75, 3.05) is 6.61 Å². The molecule has 0 radical (unpaired) electrons. The van der Waals surface area contributed by atoms with E-state index in [0.29, 0.717) is 29.4 Å². The van der Waals surface area contributed by atoms with Crippen LogP contribution in [0.2, 0.25) is 0 Å². The molecular weight excluding hydrogens is 398 g/mol. The second-order valence-electron chi connectivity index (χ2n) is 6.68. The molecular formula is C23H21N3O5. The Bertz CT molecular complexity index is 1160. The summed E-state index contributed by atoms with van der Waals surface area (Å²) in [7, 11) is 0. The number of nitrogens with zero attached hydrogens (tertiary/aromatic N) is 3. The highest BCUT2D eigenvalue weighted by molar-refractivity contribution is 5.83. The molecule has 0 aliphatic heterocycles. The summed E-state index contributed by atoms with van der Waals surface area (Å²) in [6.07, 6.45) is 1.60. The molecule has 0 unspecified atom stereocenters. The fourth-order valence-electron chi connectivity index (χ4n) is 2.83. The van der Waals surface area contributed by atoms with Crippen LogP contribution in [-0.2, 0) is 6.61 Å². The maximum Gasteiger partial charge on any atom is 0.269 e. The number of hydrogen-bond donors (Lipinski definition) is 0. The average molecular weight is 419 g/mol. The first-order chi connectivity index (χ1) is 14.9. The molecule has 0 atom stereocenters. The first-order valence-corrected chi connectivity index (χ1v) is 9.60. The van der Waals surface area contributed by atoms with Gasteiger partial charge in [-0.05, 0) is 62.2 Å². The van der Waals surface area contributed by atoms with Crippen molar-refractivity contribution in [2.24, 2.45) is 4.99 Å². The number of aryl methyl sites for hydroxylation is 1. The number of aliphatic imine (C=N–C) groups is 1. The zero-order valence-corrected chi connectivity index (χ0v) is 17.4. The van der Waals surface area contributed by atoms with Gasteiger partial charge in [-0.15, -0.1) is 0 Å². The quantitative estimate of drug-likeness (QED) is 0.274. The van der Waals surface area contributed by atoms with Gasteiger partial charge in [0.2, 0.25) is 5.88 Å². The van der Waals surface area contributed by atoms with E-state index in [2.05, 4.69) is 11.1 Å². The van der Waals surface area contributed by atoms with Crippen molar-refractivity contribution in [3.63, 3.8) is 0 Å². The Morgan fingerprint density at radius 2 is 1.90 bits per heavy atom. The summed E-state index contributed by atoms with van der Waals surface area (Å²) in [6, 6.07) is 13.7. The van der Waals surface area contributed by atoms with Gasteiger partial charge in [0.1, 0.15) is 24.0 Å². The van der Waals surface area contributed by atoms with Crippen LogP contribution in [0, 0.1) is 35.3 Å². The van der Waals surface area contributed by atoms with Gasteiger partial charge < -0.3 is 13.9 Å². The molecule has 3 aromatic rings. The molecule has 2 aromatic carbocycles. The highest BCUT2D eigenvalue weighted by atomic mass is 16.6. The van der Waals surface area contributed by atoms with Crippen LogP contribution in [0.15, 0.2) is 51.9 Å². The molecule has 0 fully saturated rings. The van der Waals surface area contributed by atoms with Gasteiger partial charge in [0.05, 0.1) is 11.5 Å². The smallest absolute Gasteiger partial charge is 0.269 e. The lowest BCUT2D eigenvalue weighted by molar-refractivity contribution is -0.384. The Kier molecular flexibility index (Phi) is 6.67. The molecule has 0 spiro atoms. The van der Waals surface area contributed by atoms with Crippen LogP contribution >= 0.6 is 0 Å². The predicted molar refractivity (Wildman–Crippen MR) is 115 cm³/mol. The van der Waals surface area contributed by atoms with E-state index >= 15 is 0 Å². The maximum atomic E-state index is 10.8. The van der Waals surface area contributed by atoms with Crippen molar-refractivity contribution in [3.8, 4) is 17.6 Å². The van der Waals surface area contributed by atoms with Gasteiger partial charge in [0.25, 0.3) is 5.69 Å². The predicted octanol–water partition coefficient (Wildman–Crippen LogP) is 5.40. The zero-order chi connectivity index (χ0) is 22.4. The SMILES string of the molecule is CCOc1cc(/C=N/c2oc(C)c(C)c2C#N)ccc1OCc1ccc([N+](=O)[O-])cc1. The number of nitro groups is 1. The fourth-order valence-corrected chi connectivity index (χ4v) is 2.83. The van der Waals surface area contributed by atoms with Crippen molar-refractivity contribution >= 4 is 17.8 Å². The fraction of sp³-hybridized carbons (Fsp3) is 0.217. The molecule has 31 heavy (non-hydrogen) atoms. The number of furan rings is 1. The molecule has 0 aliphatic rings. The van der Waals surface area contributed by atoms with Gasteiger partial charge >= 0.3 is 0 Å². The van der Waals surface area contributed by atoms with E-state index in [1.165, 1.54) is 12.1 Å². The van der Waals surface area contributed by atoms with Crippen LogP contribution in [-0.4, -0.2) is 17.7 Å². The van der Waals surface area contributed by atoms with Crippen molar-refractivity contribution in [1.29, 1.82) is 5.26 Å². The second kappa shape index (κ2) is 9.59.